The van der Waals surface area contributed by atoms with Crippen molar-refractivity contribution >= 4 is 11.9 Å². The second kappa shape index (κ2) is 6.61. The molecule has 0 spiro atoms. The van der Waals surface area contributed by atoms with Crippen LogP contribution in [0.15, 0.2) is 48.5 Å². The van der Waals surface area contributed by atoms with E-state index in [0.717, 1.165) is 0 Å². The summed E-state index contributed by atoms with van der Waals surface area (Å²) in [6.07, 6.45) is 2.96. The van der Waals surface area contributed by atoms with E-state index < -0.39 is 0 Å². The van der Waals surface area contributed by atoms with Crippen molar-refractivity contribution in [1.29, 1.82) is 0 Å². The van der Waals surface area contributed by atoms with E-state index in [1.54, 1.807) is 42.5 Å². The van der Waals surface area contributed by atoms with Gasteiger partial charge in [0.15, 0.2) is 17.3 Å². The van der Waals surface area contributed by atoms with Gasteiger partial charge in [-0.05, 0) is 24.3 Å². The normalized spacial score (nSPS) is 10.6. The second-order valence-corrected chi connectivity index (χ2v) is 4.30. The van der Waals surface area contributed by atoms with Gasteiger partial charge in [-0.15, -0.1) is 0 Å². The minimum atomic E-state index is -0.134. The largest absolute Gasteiger partial charge is 0.504 e. The monoisotopic (exact) mass is 284 g/mol. The number of ketones is 1. The maximum atomic E-state index is 12.0. The van der Waals surface area contributed by atoms with Gasteiger partial charge >= 0.3 is 0 Å². The number of allylic oxidation sites excluding steroid dienone is 1. The molecule has 1 N–H and O–H groups in total. The Morgan fingerprint density at radius 3 is 2.38 bits per heavy atom. The van der Waals surface area contributed by atoms with Crippen LogP contribution in [0.5, 0.6) is 17.2 Å². The van der Waals surface area contributed by atoms with E-state index in [-0.39, 0.29) is 17.3 Å². The fraction of sp³-hybridized carbons (Fsp3) is 0.118. The molecular weight excluding hydrogens is 268 g/mol. The van der Waals surface area contributed by atoms with Crippen LogP contribution in [-0.2, 0) is 0 Å². The third-order valence-corrected chi connectivity index (χ3v) is 3.02. The van der Waals surface area contributed by atoms with Gasteiger partial charge < -0.3 is 14.6 Å². The molecule has 0 saturated heterocycles. The van der Waals surface area contributed by atoms with Gasteiger partial charge in [-0.2, -0.15) is 0 Å². The maximum absolute atomic E-state index is 12.0. The molecular formula is C17H16O4. The zero-order valence-electron chi connectivity index (χ0n) is 11.9. The van der Waals surface area contributed by atoms with Gasteiger partial charge in [-0.25, -0.2) is 0 Å². The predicted octanol–water partition coefficient (Wildman–Crippen LogP) is 3.31. The van der Waals surface area contributed by atoms with Crippen molar-refractivity contribution in [1.82, 2.24) is 0 Å². The first kappa shape index (κ1) is 14.7. The summed E-state index contributed by atoms with van der Waals surface area (Å²) in [6, 6.07) is 12.3. The summed E-state index contributed by atoms with van der Waals surface area (Å²) in [5.74, 6) is 0.479. The number of carbonyl (C=O) groups is 1. The molecule has 0 aliphatic rings. The summed E-state index contributed by atoms with van der Waals surface area (Å²) in [5, 5.41) is 10.1. The summed E-state index contributed by atoms with van der Waals surface area (Å²) >= 11 is 0. The number of hydrogen-bond acceptors (Lipinski definition) is 4. The zero-order valence-corrected chi connectivity index (χ0v) is 11.9. The van der Waals surface area contributed by atoms with Crippen LogP contribution >= 0.6 is 0 Å². The lowest BCUT2D eigenvalue weighted by molar-refractivity contribution is 0.104. The lowest BCUT2D eigenvalue weighted by Gasteiger charge is -2.10. The van der Waals surface area contributed by atoms with Crippen molar-refractivity contribution in [2.45, 2.75) is 0 Å². The first-order chi connectivity index (χ1) is 10.2. The van der Waals surface area contributed by atoms with Gasteiger partial charge in [0.05, 0.1) is 14.2 Å². The Labute approximate surface area is 123 Å². The van der Waals surface area contributed by atoms with Gasteiger partial charge in [0, 0.05) is 11.1 Å². The molecule has 0 aliphatic carbocycles. The number of hydrogen-bond donors (Lipinski definition) is 1. The van der Waals surface area contributed by atoms with Crippen LogP contribution in [0.25, 0.3) is 6.08 Å². The first-order valence-electron chi connectivity index (χ1n) is 6.38. The summed E-state index contributed by atoms with van der Waals surface area (Å²) in [7, 11) is 2.94. The molecule has 0 radical (unpaired) electrons. The second-order valence-electron chi connectivity index (χ2n) is 4.30. The molecule has 0 heterocycles. The number of ether oxygens (including phenoxy) is 2. The number of carbonyl (C=O) groups excluding carboxylic acids is 1. The lowest BCUT2D eigenvalue weighted by atomic mass is 10.1. The summed E-state index contributed by atoms with van der Waals surface area (Å²) in [5.41, 5.74) is 1.07. The van der Waals surface area contributed by atoms with Gasteiger partial charge in [0.1, 0.15) is 0 Å². The lowest BCUT2D eigenvalue weighted by Crippen LogP contribution is -1.94. The molecule has 108 valence electrons. The average Bonchev–Trinajstić information content (AvgIpc) is 2.53. The van der Waals surface area contributed by atoms with Crippen molar-refractivity contribution in [3.05, 3.63) is 59.7 Å². The van der Waals surface area contributed by atoms with Crippen molar-refractivity contribution in [3.63, 3.8) is 0 Å². The average molecular weight is 284 g/mol. The molecule has 2 aromatic rings. The Morgan fingerprint density at radius 1 is 1.05 bits per heavy atom. The van der Waals surface area contributed by atoms with Gasteiger partial charge in [-0.3, -0.25) is 4.79 Å². The highest BCUT2D eigenvalue weighted by Crippen LogP contribution is 2.39. The van der Waals surface area contributed by atoms with Crippen molar-refractivity contribution in [3.8, 4) is 17.2 Å². The molecule has 0 fully saturated rings. The Hall–Kier alpha value is -2.75. The third kappa shape index (κ3) is 3.23. The van der Waals surface area contributed by atoms with Crippen molar-refractivity contribution in [2.75, 3.05) is 14.2 Å². The summed E-state index contributed by atoms with van der Waals surface area (Å²) in [6.45, 7) is 0. The van der Waals surface area contributed by atoms with Crippen LogP contribution in [0.4, 0.5) is 0 Å². The fourth-order valence-electron chi connectivity index (χ4n) is 1.92. The van der Waals surface area contributed by atoms with Gasteiger partial charge in [0.2, 0.25) is 5.75 Å². The Bertz CT molecular complexity index is 660. The van der Waals surface area contributed by atoms with Crippen LogP contribution in [-0.4, -0.2) is 25.1 Å². The minimum Gasteiger partial charge on any atom is -0.504 e. The number of rotatable bonds is 5. The molecule has 0 saturated carbocycles. The molecule has 4 nitrogen and oxygen atoms in total. The standard InChI is InChI=1S/C17H16O4/c1-20-15-11-9-13(16(19)17(15)21-2)8-10-14(18)12-6-4-3-5-7-12/h3-11,19H,1-2H3. The topological polar surface area (TPSA) is 55.8 Å². The molecule has 2 rings (SSSR count). The number of benzene rings is 2. The van der Waals surface area contributed by atoms with Crippen molar-refractivity contribution in [2.24, 2.45) is 0 Å². The fourth-order valence-corrected chi connectivity index (χ4v) is 1.92. The third-order valence-electron chi connectivity index (χ3n) is 3.02. The number of methoxy groups -OCH3 is 2. The molecule has 2 aromatic carbocycles. The van der Waals surface area contributed by atoms with E-state index in [4.69, 9.17) is 9.47 Å². The molecule has 21 heavy (non-hydrogen) atoms. The highest BCUT2D eigenvalue weighted by Gasteiger charge is 2.12. The number of phenols is 1. The van der Waals surface area contributed by atoms with Gasteiger partial charge in [0.25, 0.3) is 0 Å². The highest BCUT2D eigenvalue weighted by molar-refractivity contribution is 6.06. The van der Waals surface area contributed by atoms with Gasteiger partial charge in [-0.1, -0.05) is 30.3 Å². The van der Waals surface area contributed by atoms with E-state index in [2.05, 4.69) is 0 Å². The molecule has 0 aliphatic heterocycles. The van der Waals surface area contributed by atoms with E-state index in [1.807, 2.05) is 6.07 Å². The van der Waals surface area contributed by atoms with Crippen LogP contribution in [0, 0.1) is 0 Å². The molecule has 0 unspecified atom stereocenters. The molecule has 0 amide bonds. The first-order valence-corrected chi connectivity index (χ1v) is 6.38. The van der Waals surface area contributed by atoms with E-state index in [9.17, 15) is 9.90 Å². The highest BCUT2D eigenvalue weighted by atomic mass is 16.5. The van der Waals surface area contributed by atoms with E-state index in [0.29, 0.717) is 16.9 Å². The van der Waals surface area contributed by atoms with Crippen LogP contribution in [0.3, 0.4) is 0 Å². The molecule has 0 bridgehead atoms. The number of phenolic OH excluding ortho intramolecular Hbond substituents is 1. The SMILES string of the molecule is COc1ccc(C=CC(=O)c2ccccc2)c(O)c1OC. The smallest absolute Gasteiger partial charge is 0.203 e. The quantitative estimate of drug-likeness (QED) is 0.676. The number of aromatic hydroxyl groups is 1. The zero-order chi connectivity index (χ0) is 15.2. The Morgan fingerprint density at radius 2 is 1.76 bits per heavy atom. The van der Waals surface area contributed by atoms with E-state index in [1.165, 1.54) is 20.3 Å². The van der Waals surface area contributed by atoms with E-state index >= 15 is 0 Å². The predicted molar refractivity (Wildman–Crippen MR) is 81.0 cm³/mol. The Kier molecular flexibility index (Phi) is 4.61. The molecule has 4 heteroatoms. The molecule has 0 atom stereocenters. The van der Waals surface area contributed by atoms with Crippen LogP contribution in [0.2, 0.25) is 0 Å². The Balaban J connectivity index is 2.28. The minimum absolute atomic E-state index is 0.0611. The summed E-state index contributed by atoms with van der Waals surface area (Å²) < 4.78 is 10.2. The summed E-state index contributed by atoms with van der Waals surface area (Å²) in [4.78, 5) is 12.0. The maximum Gasteiger partial charge on any atom is 0.203 e. The molecule has 0 aromatic heterocycles. The van der Waals surface area contributed by atoms with Crippen LogP contribution < -0.4 is 9.47 Å². The van der Waals surface area contributed by atoms with Crippen LogP contribution in [0.1, 0.15) is 15.9 Å². The van der Waals surface area contributed by atoms with Crippen molar-refractivity contribution < 1.29 is 19.4 Å².